The van der Waals surface area contributed by atoms with Crippen molar-refractivity contribution in [3.8, 4) is 11.5 Å². The molecule has 0 bridgehead atoms. The Hall–Kier alpha value is -2.65. The molecular formula is C30H46N2O6. The fraction of sp³-hybridized carbons (Fsp3) is 0.567. The van der Waals surface area contributed by atoms with Crippen molar-refractivity contribution in [1.29, 1.82) is 0 Å². The molecule has 2 aromatic rings. The van der Waals surface area contributed by atoms with Gasteiger partial charge in [-0.3, -0.25) is 4.79 Å². The molecule has 0 aliphatic carbocycles. The van der Waals surface area contributed by atoms with Gasteiger partial charge in [-0.1, -0.05) is 50.2 Å². The highest BCUT2D eigenvalue weighted by Gasteiger charge is 2.25. The molecule has 0 aromatic heterocycles. The number of hydrogen-bond donors (Lipinski definition) is 3. The number of aliphatic hydroxyl groups excluding tert-OH is 1. The largest absolute Gasteiger partial charge is 0.493 e. The molecule has 38 heavy (non-hydrogen) atoms. The average molecular weight is 531 g/mol. The van der Waals surface area contributed by atoms with E-state index in [0.29, 0.717) is 43.5 Å². The number of ether oxygens (including phenoxy) is 4. The van der Waals surface area contributed by atoms with Crippen LogP contribution in [0.3, 0.4) is 0 Å². The molecule has 0 saturated heterocycles. The quantitative estimate of drug-likeness (QED) is 0.253. The first-order valence-corrected chi connectivity index (χ1v) is 13.4. The van der Waals surface area contributed by atoms with Crippen LogP contribution in [0.4, 0.5) is 0 Å². The van der Waals surface area contributed by atoms with Crippen LogP contribution >= 0.6 is 0 Å². The van der Waals surface area contributed by atoms with Gasteiger partial charge in [0.05, 0.1) is 19.8 Å². The number of hydrogen-bond acceptors (Lipinski definition) is 7. The minimum atomic E-state index is -0.870. The van der Waals surface area contributed by atoms with E-state index in [9.17, 15) is 9.90 Å². The molecule has 0 fully saturated rings. The number of aliphatic hydroxyl groups is 1. The van der Waals surface area contributed by atoms with Crippen LogP contribution in [0.2, 0.25) is 0 Å². The van der Waals surface area contributed by atoms with Gasteiger partial charge in [0, 0.05) is 46.3 Å². The molecular weight excluding hydrogens is 484 g/mol. The van der Waals surface area contributed by atoms with Gasteiger partial charge in [0.25, 0.3) is 0 Å². The average Bonchev–Trinajstić information content (AvgIpc) is 2.92. The Morgan fingerprint density at radius 2 is 1.71 bits per heavy atom. The summed E-state index contributed by atoms with van der Waals surface area (Å²) in [6.45, 7) is 5.56. The Morgan fingerprint density at radius 3 is 2.34 bits per heavy atom. The van der Waals surface area contributed by atoms with Crippen molar-refractivity contribution in [3.63, 3.8) is 0 Å². The molecule has 212 valence electrons. The molecule has 0 radical (unpaired) electrons. The van der Waals surface area contributed by atoms with Crippen LogP contribution in [-0.2, 0) is 27.1 Å². The number of rotatable bonds is 18. The van der Waals surface area contributed by atoms with Gasteiger partial charge in [0.2, 0.25) is 5.91 Å². The lowest BCUT2D eigenvalue weighted by Gasteiger charge is -2.28. The SMILES string of the molecule is COCCCOc1cc(C[C@@H](C[C@H](N)[C@@H](O)CNC(=O)[C@@H](Cc2ccccc2)OC)C(C)C)ccc1OC. The zero-order valence-electron chi connectivity index (χ0n) is 23.5. The second-order valence-electron chi connectivity index (χ2n) is 10.0. The second-order valence-corrected chi connectivity index (χ2v) is 10.0. The number of benzene rings is 2. The molecule has 0 spiro atoms. The zero-order valence-corrected chi connectivity index (χ0v) is 23.5. The predicted molar refractivity (Wildman–Crippen MR) is 150 cm³/mol. The van der Waals surface area contributed by atoms with Gasteiger partial charge in [0.1, 0.15) is 6.10 Å². The van der Waals surface area contributed by atoms with E-state index in [1.807, 2.05) is 48.5 Å². The number of nitrogens with one attached hydrogen (secondary N) is 1. The van der Waals surface area contributed by atoms with Gasteiger partial charge in [-0.2, -0.15) is 0 Å². The van der Waals surface area contributed by atoms with Crippen molar-refractivity contribution in [3.05, 3.63) is 59.7 Å². The maximum absolute atomic E-state index is 12.7. The summed E-state index contributed by atoms with van der Waals surface area (Å²) < 4.78 is 21.9. The predicted octanol–water partition coefficient (Wildman–Crippen LogP) is 3.38. The van der Waals surface area contributed by atoms with E-state index in [1.54, 1.807) is 14.2 Å². The van der Waals surface area contributed by atoms with Crippen molar-refractivity contribution < 1.29 is 28.8 Å². The van der Waals surface area contributed by atoms with Gasteiger partial charge in [-0.15, -0.1) is 0 Å². The van der Waals surface area contributed by atoms with Crippen LogP contribution in [0, 0.1) is 11.8 Å². The molecule has 0 aliphatic heterocycles. The van der Waals surface area contributed by atoms with Crippen molar-refractivity contribution in [2.24, 2.45) is 17.6 Å². The highest BCUT2D eigenvalue weighted by atomic mass is 16.5. The molecule has 4 N–H and O–H groups in total. The van der Waals surface area contributed by atoms with Crippen molar-refractivity contribution in [2.75, 3.05) is 41.1 Å². The standard InChI is InChI=1S/C30H46N2O6/c1-21(2)24(16-23-12-13-27(36-4)28(18-23)38-15-9-14-35-3)19-25(31)26(33)20-32-30(34)29(37-5)17-22-10-7-6-8-11-22/h6-8,10-13,18,21,24-26,29,33H,9,14-17,19-20,31H2,1-5H3,(H,32,34)/t24-,25-,26-,29+/m0/s1. The van der Waals surface area contributed by atoms with Gasteiger partial charge in [-0.25, -0.2) is 0 Å². The summed E-state index contributed by atoms with van der Waals surface area (Å²) in [5.74, 6) is 1.71. The molecule has 8 nitrogen and oxygen atoms in total. The fourth-order valence-corrected chi connectivity index (χ4v) is 4.33. The third kappa shape index (κ3) is 10.6. The van der Waals surface area contributed by atoms with Crippen LogP contribution in [0.5, 0.6) is 11.5 Å². The lowest BCUT2D eigenvalue weighted by atomic mass is 9.83. The van der Waals surface area contributed by atoms with Crippen molar-refractivity contribution in [2.45, 2.75) is 57.8 Å². The Morgan fingerprint density at radius 1 is 0.974 bits per heavy atom. The molecule has 8 heteroatoms. The van der Waals surface area contributed by atoms with Crippen molar-refractivity contribution in [1.82, 2.24) is 5.32 Å². The number of nitrogens with two attached hydrogens (primary N) is 1. The van der Waals surface area contributed by atoms with E-state index in [2.05, 4.69) is 19.2 Å². The minimum Gasteiger partial charge on any atom is -0.493 e. The number of carbonyl (C=O) groups excluding carboxylic acids is 1. The Labute approximate surface area is 227 Å². The molecule has 2 aromatic carbocycles. The lowest BCUT2D eigenvalue weighted by molar-refractivity contribution is -0.131. The molecule has 4 atom stereocenters. The molecule has 0 unspecified atom stereocenters. The van der Waals surface area contributed by atoms with E-state index in [4.69, 9.17) is 24.7 Å². The second kappa shape index (κ2) is 17.0. The lowest BCUT2D eigenvalue weighted by Crippen LogP contribution is -2.47. The smallest absolute Gasteiger partial charge is 0.249 e. The summed E-state index contributed by atoms with van der Waals surface area (Å²) in [4.78, 5) is 12.7. The first-order chi connectivity index (χ1) is 18.3. The van der Waals surface area contributed by atoms with E-state index >= 15 is 0 Å². The highest BCUT2D eigenvalue weighted by molar-refractivity contribution is 5.81. The maximum Gasteiger partial charge on any atom is 0.249 e. The molecule has 0 heterocycles. The van der Waals surface area contributed by atoms with Gasteiger partial charge < -0.3 is 35.1 Å². The monoisotopic (exact) mass is 530 g/mol. The molecule has 0 saturated carbocycles. The van der Waals surface area contributed by atoms with E-state index in [-0.39, 0.29) is 18.4 Å². The van der Waals surface area contributed by atoms with Crippen LogP contribution in [0.15, 0.2) is 48.5 Å². The van der Waals surface area contributed by atoms with Gasteiger partial charge in [0.15, 0.2) is 11.5 Å². The topological polar surface area (TPSA) is 112 Å². The maximum atomic E-state index is 12.7. The number of methoxy groups -OCH3 is 3. The van der Waals surface area contributed by atoms with Crippen molar-refractivity contribution >= 4 is 5.91 Å². The minimum absolute atomic E-state index is 0.0709. The van der Waals surface area contributed by atoms with E-state index in [0.717, 1.165) is 24.0 Å². The molecule has 0 aliphatic rings. The summed E-state index contributed by atoms with van der Waals surface area (Å²) in [7, 11) is 4.81. The summed E-state index contributed by atoms with van der Waals surface area (Å²) >= 11 is 0. The summed E-state index contributed by atoms with van der Waals surface area (Å²) in [5.41, 5.74) is 8.53. The molecule has 1 amide bonds. The third-order valence-corrected chi connectivity index (χ3v) is 6.81. The third-order valence-electron chi connectivity index (χ3n) is 6.81. The Bertz CT molecular complexity index is 940. The Balaban J connectivity index is 1.93. The fourth-order valence-electron chi connectivity index (χ4n) is 4.33. The summed E-state index contributed by atoms with van der Waals surface area (Å²) in [6, 6.07) is 15.2. The molecule has 2 rings (SSSR count). The van der Waals surface area contributed by atoms with E-state index < -0.39 is 18.2 Å². The summed E-state index contributed by atoms with van der Waals surface area (Å²) in [5, 5.41) is 13.5. The van der Waals surface area contributed by atoms with Gasteiger partial charge in [-0.05, 0) is 47.9 Å². The first kappa shape index (κ1) is 31.6. The van der Waals surface area contributed by atoms with Crippen LogP contribution in [0.1, 0.15) is 37.8 Å². The van der Waals surface area contributed by atoms with Crippen LogP contribution < -0.4 is 20.5 Å². The first-order valence-electron chi connectivity index (χ1n) is 13.4. The highest BCUT2D eigenvalue weighted by Crippen LogP contribution is 2.31. The Kier molecular flexibility index (Phi) is 14.2. The number of carbonyl (C=O) groups is 1. The normalized spacial score (nSPS) is 14.5. The van der Waals surface area contributed by atoms with Gasteiger partial charge >= 0.3 is 0 Å². The summed E-state index contributed by atoms with van der Waals surface area (Å²) in [6.07, 6.45) is 1.14. The van der Waals surface area contributed by atoms with Crippen LogP contribution in [0.25, 0.3) is 0 Å². The number of amides is 1. The van der Waals surface area contributed by atoms with E-state index in [1.165, 1.54) is 7.11 Å². The van der Waals surface area contributed by atoms with Crippen LogP contribution in [-0.4, -0.2) is 70.4 Å². The zero-order chi connectivity index (χ0) is 27.9.